The second-order valence-corrected chi connectivity index (χ2v) is 8.58. The highest BCUT2D eigenvalue weighted by Crippen LogP contribution is 2.38. The topological polar surface area (TPSA) is 66.5 Å². The molecule has 1 aromatic carbocycles. The third-order valence-electron chi connectivity index (χ3n) is 4.38. The molecule has 0 fully saturated rings. The summed E-state index contributed by atoms with van der Waals surface area (Å²) in [6, 6.07) is 8.03. The van der Waals surface area contributed by atoms with Gasteiger partial charge in [0.15, 0.2) is 0 Å². The van der Waals surface area contributed by atoms with Crippen molar-refractivity contribution >= 4 is 27.3 Å². The predicted molar refractivity (Wildman–Crippen MR) is 94.8 cm³/mol. The van der Waals surface area contributed by atoms with E-state index in [0.717, 1.165) is 18.4 Å². The Bertz CT molecular complexity index is 841. The molecule has 5 nitrogen and oxygen atoms in total. The molecule has 128 valence electrons. The van der Waals surface area contributed by atoms with Gasteiger partial charge in [0.2, 0.25) is 10.0 Å². The summed E-state index contributed by atoms with van der Waals surface area (Å²) < 4.78 is 27.7. The van der Waals surface area contributed by atoms with Crippen molar-refractivity contribution in [3.63, 3.8) is 0 Å². The molecular weight excluding hydrogens is 344 g/mol. The monoisotopic (exact) mass is 364 g/mol. The summed E-state index contributed by atoms with van der Waals surface area (Å²) in [5.41, 5.74) is 1.57. The lowest BCUT2D eigenvalue weighted by Crippen LogP contribution is -2.39. The molecule has 1 aromatic heterocycles. The average Bonchev–Trinajstić information content (AvgIpc) is 3.09. The number of nitrogens with one attached hydrogen (secondary N) is 1. The molecule has 2 heterocycles. The number of benzene rings is 1. The van der Waals surface area contributed by atoms with Crippen molar-refractivity contribution in [1.29, 1.82) is 0 Å². The molecule has 0 saturated carbocycles. The van der Waals surface area contributed by atoms with Gasteiger partial charge in [-0.3, -0.25) is 4.79 Å². The molecule has 7 heteroatoms. The number of carbonyl (C=O) groups excluding carboxylic acids is 1. The molecule has 0 aliphatic carbocycles. The number of carbonyl (C=O) groups is 1. The van der Waals surface area contributed by atoms with Crippen molar-refractivity contribution < 1.29 is 13.2 Å². The standard InChI is InChI=1S/C17H20N2O3S2/c1-3-15-14-9-11-23-16(14)8-10-19(15)24(21,22)13-6-4-12(5-7-13)17(20)18-2/h4-7,9,11,15H,3,8,10H2,1-2H3,(H,18,20). The van der Waals surface area contributed by atoms with Gasteiger partial charge in [-0.1, -0.05) is 6.92 Å². The fraction of sp³-hybridized carbons (Fsp3) is 0.353. The molecule has 0 radical (unpaired) electrons. The second-order valence-electron chi connectivity index (χ2n) is 5.69. The Hall–Kier alpha value is -1.70. The number of fused-ring (bicyclic) bond motifs is 1. The summed E-state index contributed by atoms with van der Waals surface area (Å²) in [6.07, 6.45) is 1.48. The summed E-state index contributed by atoms with van der Waals surface area (Å²) in [4.78, 5) is 13.1. The van der Waals surface area contributed by atoms with Crippen LogP contribution in [0, 0.1) is 0 Å². The summed E-state index contributed by atoms with van der Waals surface area (Å²) in [5, 5.41) is 4.56. The number of hydrogen-bond acceptors (Lipinski definition) is 4. The van der Waals surface area contributed by atoms with E-state index in [-0.39, 0.29) is 16.8 Å². The molecule has 0 bridgehead atoms. The summed E-state index contributed by atoms with van der Waals surface area (Å²) >= 11 is 1.69. The molecule has 1 aliphatic heterocycles. The van der Waals surface area contributed by atoms with Gasteiger partial charge >= 0.3 is 0 Å². The lowest BCUT2D eigenvalue weighted by atomic mass is 10.0. The van der Waals surface area contributed by atoms with Gasteiger partial charge in [-0.15, -0.1) is 11.3 Å². The zero-order valence-electron chi connectivity index (χ0n) is 13.7. The van der Waals surface area contributed by atoms with E-state index in [2.05, 4.69) is 5.32 Å². The first-order chi connectivity index (χ1) is 11.5. The minimum Gasteiger partial charge on any atom is -0.355 e. The zero-order valence-corrected chi connectivity index (χ0v) is 15.3. The van der Waals surface area contributed by atoms with Gasteiger partial charge in [0.25, 0.3) is 5.91 Å². The van der Waals surface area contributed by atoms with Crippen LogP contribution in [-0.4, -0.2) is 32.2 Å². The van der Waals surface area contributed by atoms with Gasteiger partial charge < -0.3 is 5.32 Å². The Morgan fingerprint density at radius 1 is 1.29 bits per heavy atom. The maximum absolute atomic E-state index is 13.1. The van der Waals surface area contributed by atoms with Gasteiger partial charge in [0.1, 0.15) is 0 Å². The van der Waals surface area contributed by atoms with Gasteiger partial charge in [-0.05, 0) is 54.1 Å². The van der Waals surface area contributed by atoms with Crippen molar-refractivity contribution in [2.75, 3.05) is 13.6 Å². The molecule has 1 aliphatic rings. The van der Waals surface area contributed by atoms with Crippen molar-refractivity contribution in [2.45, 2.75) is 30.7 Å². The van der Waals surface area contributed by atoms with Crippen molar-refractivity contribution in [3.8, 4) is 0 Å². The lowest BCUT2D eigenvalue weighted by molar-refractivity contribution is 0.0963. The smallest absolute Gasteiger partial charge is 0.251 e. The Labute approximate surface area is 146 Å². The maximum Gasteiger partial charge on any atom is 0.251 e. The minimum absolute atomic E-state index is 0.122. The van der Waals surface area contributed by atoms with E-state index in [1.165, 1.54) is 17.0 Å². The number of nitrogens with zero attached hydrogens (tertiary/aromatic N) is 1. The van der Waals surface area contributed by atoms with Crippen LogP contribution in [0.5, 0.6) is 0 Å². The largest absolute Gasteiger partial charge is 0.355 e. The summed E-state index contributed by atoms with van der Waals surface area (Å²) in [7, 11) is -2.04. The van der Waals surface area contributed by atoms with Gasteiger partial charge in [-0.25, -0.2) is 8.42 Å². The Balaban J connectivity index is 1.94. The molecule has 2 aromatic rings. The molecular formula is C17H20N2O3S2. The maximum atomic E-state index is 13.1. The molecule has 1 amide bonds. The normalized spacial score (nSPS) is 18.2. The highest BCUT2D eigenvalue weighted by Gasteiger charge is 2.35. The van der Waals surface area contributed by atoms with Gasteiger partial charge in [0.05, 0.1) is 10.9 Å². The van der Waals surface area contributed by atoms with E-state index < -0.39 is 10.0 Å². The highest BCUT2D eigenvalue weighted by atomic mass is 32.2. The number of rotatable bonds is 4. The van der Waals surface area contributed by atoms with Gasteiger partial charge in [0, 0.05) is 24.0 Å². The first-order valence-corrected chi connectivity index (χ1v) is 10.2. The van der Waals surface area contributed by atoms with Crippen LogP contribution in [0.15, 0.2) is 40.6 Å². The van der Waals surface area contributed by atoms with E-state index in [4.69, 9.17) is 0 Å². The molecule has 0 spiro atoms. The lowest BCUT2D eigenvalue weighted by Gasteiger charge is -2.34. The van der Waals surface area contributed by atoms with E-state index >= 15 is 0 Å². The van der Waals surface area contributed by atoms with E-state index in [1.54, 1.807) is 34.8 Å². The number of hydrogen-bond donors (Lipinski definition) is 1. The SMILES string of the molecule is CCC1c2ccsc2CCN1S(=O)(=O)c1ccc(C(=O)NC)cc1. The molecule has 0 saturated heterocycles. The molecule has 1 unspecified atom stereocenters. The first-order valence-electron chi connectivity index (χ1n) is 7.89. The Kier molecular flexibility index (Phi) is 4.76. The van der Waals surface area contributed by atoms with Crippen molar-refractivity contribution in [3.05, 3.63) is 51.7 Å². The Morgan fingerprint density at radius 3 is 2.62 bits per heavy atom. The van der Waals surface area contributed by atoms with E-state index in [0.29, 0.717) is 12.1 Å². The van der Waals surface area contributed by atoms with E-state index in [9.17, 15) is 13.2 Å². The van der Waals surface area contributed by atoms with Crippen molar-refractivity contribution in [1.82, 2.24) is 9.62 Å². The van der Waals surface area contributed by atoms with Crippen LogP contribution < -0.4 is 5.32 Å². The first kappa shape index (κ1) is 17.1. The number of sulfonamides is 1. The third kappa shape index (κ3) is 2.87. The Morgan fingerprint density at radius 2 is 2.00 bits per heavy atom. The minimum atomic E-state index is -3.59. The fourth-order valence-corrected chi connectivity index (χ4v) is 5.75. The van der Waals surface area contributed by atoms with Crippen LogP contribution in [0.2, 0.25) is 0 Å². The van der Waals surface area contributed by atoms with Crippen LogP contribution in [0.1, 0.15) is 40.2 Å². The number of amides is 1. The third-order valence-corrected chi connectivity index (χ3v) is 7.30. The van der Waals surface area contributed by atoms with E-state index in [1.807, 2.05) is 18.4 Å². The average molecular weight is 364 g/mol. The van der Waals surface area contributed by atoms with Crippen LogP contribution in [-0.2, 0) is 16.4 Å². The fourth-order valence-electron chi connectivity index (χ4n) is 3.14. The quantitative estimate of drug-likeness (QED) is 0.907. The van der Waals surface area contributed by atoms with Crippen LogP contribution >= 0.6 is 11.3 Å². The summed E-state index contributed by atoms with van der Waals surface area (Å²) in [6.45, 7) is 2.50. The zero-order chi connectivity index (χ0) is 17.3. The highest BCUT2D eigenvalue weighted by molar-refractivity contribution is 7.89. The van der Waals surface area contributed by atoms with Crippen LogP contribution in [0.3, 0.4) is 0 Å². The second kappa shape index (κ2) is 6.66. The van der Waals surface area contributed by atoms with Crippen molar-refractivity contribution in [2.24, 2.45) is 0 Å². The van der Waals surface area contributed by atoms with Crippen LogP contribution in [0.4, 0.5) is 0 Å². The molecule has 3 rings (SSSR count). The predicted octanol–water partition coefficient (Wildman–Crippen LogP) is 2.81. The summed E-state index contributed by atoms with van der Waals surface area (Å²) in [5.74, 6) is -0.230. The molecule has 24 heavy (non-hydrogen) atoms. The van der Waals surface area contributed by atoms with Crippen LogP contribution in [0.25, 0.3) is 0 Å². The number of thiophene rings is 1. The molecule has 1 N–H and O–H groups in total. The van der Waals surface area contributed by atoms with Gasteiger partial charge in [-0.2, -0.15) is 4.31 Å². The molecule has 1 atom stereocenters.